The zero-order valence-electron chi connectivity index (χ0n) is 18.3. The first-order valence-corrected chi connectivity index (χ1v) is 10.8. The maximum atomic E-state index is 12.9. The second kappa shape index (κ2) is 9.10. The first-order chi connectivity index (χ1) is 14.5. The van der Waals surface area contributed by atoms with Crippen LogP contribution in [0.15, 0.2) is 36.7 Å². The van der Waals surface area contributed by atoms with Crippen LogP contribution in [0.2, 0.25) is 0 Å². The van der Waals surface area contributed by atoms with Crippen molar-refractivity contribution >= 4 is 11.7 Å². The van der Waals surface area contributed by atoms with Crippen molar-refractivity contribution in [3.63, 3.8) is 0 Å². The Morgan fingerprint density at radius 1 is 1.07 bits per heavy atom. The molecule has 0 spiro atoms. The highest BCUT2D eigenvalue weighted by Gasteiger charge is 2.29. The second-order valence-electron chi connectivity index (χ2n) is 8.69. The number of amides is 1. The average Bonchev–Trinajstić information content (AvgIpc) is 3.24. The van der Waals surface area contributed by atoms with E-state index in [1.165, 1.54) is 11.1 Å². The van der Waals surface area contributed by atoms with E-state index in [9.17, 15) is 4.79 Å². The Balaban J connectivity index is 1.50. The van der Waals surface area contributed by atoms with Crippen molar-refractivity contribution in [2.45, 2.75) is 25.4 Å². The molecule has 0 bridgehead atoms. The van der Waals surface area contributed by atoms with Crippen LogP contribution in [0.25, 0.3) is 0 Å². The molecule has 1 aromatic carbocycles. The Kier molecular flexibility index (Phi) is 6.29. The summed E-state index contributed by atoms with van der Waals surface area (Å²) in [5.41, 5.74) is 3.06. The van der Waals surface area contributed by atoms with Gasteiger partial charge >= 0.3 is 0 Å². The Bertz CT molecular complexity index is 860. The predicted molar refractivity (Wildman–Crippen MR) is 119 cm³/mol. The topological polar surface area (TPSA) is 55.8 Å². The minimum absolute atomic E-state index is 0.0127. The van der Waals surface area contributed by atoms with E-state index in [0.29, 0.717) is 5.69 Å². The lowest BCUT2D eigenvalue weighted by atomic mass is 10.0. The van der Waals surface area contributed by atoms with Gasteiger partial charge in [0.2, 0.25) is 0 Å². The Hall–Kier alpha value is -2.51. The van der Waals surface area contributed by atoms with Crippen molar-refractivity contribution in [1.82, 2.24) is 24.7 Å². The van der Waals surface area contributed by atoms with E-state index in [2.05, 4.69) is 65.1 Å². The molecule has 1 atom stereocenters. The maximum absolute atomic E-state index is 12.9. The summed E-state index contributed by atoms with van der Waals surface area (Å²) in [6, 6.07) is 9.17. The molecular weight excluding hydrogens is 376 g/mol. The van der Waals surface area contributed by atoms with Crippen LogP contribution in [0.5, 0.6) is 0 Å². The number of anilines is 1. The maximum Gasteiger partial charge on any atom is 0.274 e. The van der Waals surface area contributed by atoms with E-state index in [4.69, 9.17) is 4.98 Å². The van der Waals surface area contributed by atoms with Gasteiger partial charge in [-0.2, -0.15) is 0 Å². The molecule has 160 valence electrons. The van der Waals surface area contributed by atoms with Crippen LogP contribution in [0, 0.1) is 0 Å². The third-order valence-corrected chi connectivity index (χ3v) is 6.04. The number of hydrogen-bond donors (Lipinski definition) is 0. The fourth-order valence-electron chi connectivity index (χ4n) is 4.37. The summed E-state index contributed by atoms with van der Waals surface area (Å²) >= 11 is 0. The van der Waals surface area contributed by atoms with Crippen LogP contribution in [0.3, 0.4) is 0 Å². The van der Waals surface area contributed by atoms with Gasteiger partial charge in [0.25, 0.3) is 5.91 Å². The van der Waals surface area contributed by atoms with Crippen LogP contribution >= 0.6 is 0 Å². The third-order valence-electron chi connectivity index (χ3n) is 6.04. The molecule has 1 unspecified atom stereocenters. The minimum Gasteiger partial charge on any atom is -0.348 e. The average molecular weight is 409 g/mol. The van der Waals surface area contributed by atoms with Gasteiger partial charge in [-0.25, -0.2) is 4.98 Å². The number of benzene rings is 1. The van der Waals surface area contributed by atoms with E-state index in [-0.39, 0.29) is 11.9 Å². The Labute approximate surface area is 179 Å². The van der Waals surface area contributed by atoms with Gasteiger partial charge in [-0.05, 0) is 45.1 Å². The van der Waals surface area contributed by atoms with E-state index in [0.717, 1.165) is 57.9 Å². The highest BCUT2D eigenvalue weighted by molar-refractivity contribution is 5.92. The lowest BCUT2D eigenvalue weighted by Gasteiger charge is -2.32. The van der Waals surface area contributed by atoms with Crippen LogP contribution in [-0.2, 0) is 6.54 Å². The summed E-state index contributed by atoms with van der Waals surface area (Å²) in [7, 11) is 6.26. The van der Waals surface area contributed by atoms with E-state index >= 15 is 0 Å². The SMILES string of the molecule is CN(C)Cc1ccc(C2CCCN2c2cncc(C(=O)N3CCN(C)CC3)n2)cc1. The monoisotopic (exact) mass is 408 g/mol. The number of carbonyl (C=O) groups excluding carboxylic acids is 1. The van der Waals surface area contributed by atoms with Gasteiger partial charge in [0.05, 0.1) is 18.4 Å². The fraction of sp³-hybridized carbons (Fsp3) is 0.522. The van der Waals surface area contributed by atoms with E-state index in [1.807, 2.05) is 4.90 Å². The number of carbonyl (C=O) groups is 1. The molecule has 0 radical (unpaired) electrons. The molecule has 0 aliphatic carbocycles. The summed E-state index contributed by atoms with van der Waals surface area (Å²) in [5, 5.41) is 0. The molecule has 2 aromatic rings. The summed E-state index contributed by atoms with van der Waals surface area (Å²) in [5.74, 6) is 0.788. The highest BCUT2D eigenvalue weighted by atomic mass is 16.2. The smallest absolute Gasteiger partial charge is 0.274 e. The molecule has 2 aliphatic rings. The van der Waals surface area contributed by atoms with Gasteiger partial charge < -0.3 is 19.6 Å². The molecule has 30 heavy (non-hydrogen) atoms. The van der Waals surface area contributed by atoms with Crippen LogP contribution in [0.1, 0.15) is 40.5 Å². The number of piperazine rings is 1. The molecule has 2 saturated heterocycles. The Morgan fingerprint density at radius 3 is 2.50 bits per heavy atom. The summed E-state index contributed by atoms with van der Waals surface area (Å²) in [6.07, 6.45) is 5.60. The second-order valence-corrected chi connectivity index (χ2v) is 8.69. The number of nitrogens with zero attached hydrogens (tertiary/aromatic N) is 6. The quantitative estimate of drug-likeness (QED) is 0.757. The molecule has 1 aromatic heterocycles. The number of likely N-dealkylation sites (N-methyl/N-ethyl adjacent to an activating group) is 1. The molecule has 7 heteroatoms. The fourth-order valence-corrected chi connectivity index (χ4v) is 4.37. The molecule has 0 saturated carbocycles. The number of aromatic nitrogens is 2. The lowest BCUT2D eigenvalue weighted by molar-refractivity contribution is 0.0658. The van der Waals surface area contributed by atoms with Gasteiger partial charge in [-0.15, -0.1) is 0 Å². The molecule has 0 N–H and O–H groups in total. The first-order valence-electron chi connectivity index (χ1n) is 10.8. The lowest BCUT2D eigenvalue weighted by Crippen LogP contribution is -2.47. The molecule has 7 nitrogen and oxygen atoms in total. The molecule has 4 rings (SSSR count). The van der Waals surface area contributed by atoms with Crippen molar-refractivity contribution < 1.29 is 4.79 Å². The largest absolute Gasteiger partial charge is 0.348 e. The van der Waals surface area contributed by atoms with Crippen molar-refractivity contribution in [1.29, 1.82) is 0 Å². The normalized spacial score (nSPS) is 20.2. The van der Waals surface area contributed by atoms with Crippen molar-refractivity contribution in [2.75, 3.05) is 58.8 Å². The van der Waals surface area contributed by atoms with Crippen LogP contribution in [-0.4, -0.2) is 84.4 Å². The number of rotatable bonds is 5. The zero-order chi connectivity index (χ0) is 21.1. The van der Waals surface area contributed by atoms with E-state index < -0.39 is 0 Å². The van der Waals surface area contributed by atoms with Gasteiger partial charge in [-0.3, -0.25) is 9.78 Å². The molecule has 3 heterocycles. The van der Waals surface area contributed by atoms with Crippen molar-refractivity contribution in [3.8, 4) is 0 Å². The zero-order valence-corrected chi connectivity index (χ0v) is 18.3. The molecule has 2 aliphatic heterocycles. The molecule has 2 fully saturated rings. The summed E-state index contributed by atoms with van der Waals surface area (Å²) in [4.78, 5) is 30.6. The number of hydrogen-bond acceptors (Lipinski definition) is 6. The van der Waals surface area contributed by atoms with Gasteiger partial charge in [-0.1, -0.05) is 24.3 Å². The van der Waals surface area contributed by atoms with Crippen molar-refractivity contribution in [2.24, 2.45) is 0 Å². The van der Waals surface area contributed by atoms with Gasteiger partial charge in [0.1, 0.15) is 11.5 Å². The Morgan fingerprint density at radius 2 is 1.80 bits per heavy atom. The summed E-state index contributed by atoms with van der Waals surface area (Å²) < 4.78 is 0. The predicted octanol–water partition coefficient (Wildman–Crippen LogP) is 2.27. The van der Waals surface area contributed by atoms with Gasteiger partial charge in [0.15, 0.2) is 0 Å². The van der Waals surface area contributed by atoms with E-state index in [1.54, 1.807) is 12.4 Å². The van der Waals surface area contributed by atoms with Crippen molar-refractivity contribution in [3.05, 3.63) is 53.5 Å². The minimum atomic E-state index is -0.0127. The third kappa shape index (κ3) is 4.63. The molecule has 1 amide bonds. The molecular formula is C23H32N6O. The summed E-state index contributed by atoms with van der Waals surface area (Å²) in [6.45, 7) is 5.16. The van der Waals surface area contributed by atoms with Gasteiger partial charge in [0, 0.05) is 39.3 Å². The van der Waals surface area contributed by atoms with Crippen LogP contribution in [0.4, 0.5) is 5.82 Å². The first kappa shape index (κ1) is 20.8. The standard InChI is InChI=1S/C23H32N6O/c1-26(2)17-18-6-8-19(9-7-18)21-5-4-10-29(21)22-16-24-15-20(25-22)23(30)28-13-11-27(3)12-14-28/h6-9,15-16,21H,4-5,10-14,17H2,1-3H3. The highest BCUT2D eigenvalue weighted by Crippen LogP contribution is 2.35. The van der Waals surface area contributed by atoms with Crippen LogP contribution < -0.4 is 4.90 Å².